The van der Waals surface area contributed by atoms with Crippen LogP contribution in [0.5, 0.6) is 5.75 Å². The molecule has 0 fully saturated rings. The highest BCUT2D eigenvalue weighted by molar-refractivity contribution is 6.06. The summed E-state index contributed by atoms with van der Waals surface area (Å²) >= 11 is 0. The number of methoxy groups -OCH3 is 1. The Balaban J connectivity index is 0.00000180. The van der Waals surface area contributed by atoms with Gasteiger partial charge in [-0.25, -0.2) is 4.99 Å². The summed E-state index contributed by atoms with van der Waals surface area (Å²) in [6.07, 6.45) is 0. The first-order valence-electron chi connectivity index (χ1n) is 5.58. The van der Waals surface area contributed by atoms with Crippen molar-refractivity contribution in [2.75, 3.05) is 12.0 Å². The van der Waals surface area contributed by atoms with Gasteiger partial charge in [-0.1, -0.05) is 12.1 Å². The lowest BCUT2D eigenvalue weighted by Crippen LogP contribution is -2.54. The molecule has 0 bridgehead atoms. The molecule has 1 heterocycles. The molecule has 6 nitrogen and oxygen atoms in total. The molecule has 7 heteroatoms. The van der Waals surface area contributed by atoms with E-state index >= 15 is 0 Å². The van der Waals surface area contributed by atoms with Gasteiger partial charge in [0.2, 0.25) is 11.9 Å². The van der Waals surface area contributed by atoms with Crippen molar-refractivity contribution in [2.45, 2.75) is 19.5 Å². The quantitative estimate of drug-likeness (QED) is 0.856. The van der Waals surface area contributed by atoms with Crippen LogP contribution in [-0.4, -0.2) is 24.7 Å². The normalized spacial score (nSPS) is 17.1. The second-order valence-electron chi connectivity index (χ2n) is 4.44. The number of anilines is 1. The highest BCUT2D eigenvalue weighted by atomic mass is 35.5. The topological polar surface area (TPSA) is 89.2 Å². The molecular weight excluding hydrogens is 266 g/mol. The van der Waals surface area contributed by atoms with Crippen molar-refractivity contribution in [1.82, 2.24) is 0 Å². The summed E-state index contributed by atoms with van der Waals surface area (Å²) in [5.41, 5.74) is 11.8. The van der Waals surface area contributed by atoms with Gasteiger partial charge < -0.3 is 16.2 Å². The first-order chi connectivity index (χ1) is 8.45. The number of guanidine groups is 2. The Morgan fingerprint density at radius 1 is 1.21 bits per heavy atom. The van der Waals surface area contributed by atoms with Crippen LogP contribution >= 0.6 is 12.4 Å². The molecule has 1 aliphatic heterocycles. The molecule has 0 radical (unpaired) electrons. The van der Waals surface area contributed by atoms with E-state index in [4.69, 9.17) is 16.2 Å². The average molecular weight is 284 g/mol. The standard InChI is InChI=1S/C12H17N5O.ClH/c1-12(2)16-10(13)15-11(14)17(12)8-6-4-5-7-9(8)18-3;/h4-7H,1-3H3,(H4,13,14,15,16);1H. The molecule has 1 aromatic rings. The summed E-state index contributed by atoms with van der Waals surface area (Å²) in [7, 11) is 1.61. The minimum atomic E-state index is -0.607. The molecule has 4 N–H and O–H groups in total. The minimum absolute atomic E-state index is 0. The number of nitrogens with zero attached hydrogens (tertiary/aromatic N) is 3. The maximum atomic E-state index is 5.96. The fourth-order valence-electron chi connectivity index (χ4n) is 2.04. The van der Waals surface area contributed by atoms with E-state index in [0.717, 1.165) is 5.69 Å². The fraction of sp³-hybridized carbons (Fsp3) is 0.333. The van der Waals surface area contributed by atoms with E-state index in [0.29, 0.717) is 11.7 Å². The molecule has 104 valence electrons. The molecule has 19 heavy (non-hydrogen) atoms. The van der Waals surface area contributed by atoms with Crippen molar-refractivity contribution in [1.29, 1.82) is 0 Å². The van der Waals surface area contributed by atoms with Crippen LogP contribution in [0.15, 0.2) is 34.3 Å². The van der Waals surface area contributed by atoms with Crippen molar-refractivity contribution < 1.29 is 4.74 Å². The predicted molar refractivity (Wildman–Crippen MR) is 80.0 cm³/mol. The number of hydrogen-bond donors (Lipinski definition) is 2. The van der Waals surface area contributed by atoms with E-state index in [1.165, 1.54) is 0 Å². The fourth-order valence-corrected chi connectivity index (χ4v) is 2.04. The molecule has 0 atom stereocenters. The van der Waals surface area contributed by atoms with Gasteiger partial charge in [0.25, 0.3) is 0 Å². The van der Waals surface area contributed by atoms with Crippen LogP contribution in [0.2, 0.25) is 0 Å². The molecule has 0 spiro atoms. The molecule has 0 saturated carbocycles. The van der Waals surface area contributed by atoms with Crippen LogP contribution in [-0.2, 0) is 0 Å². The van der Waals surface area contributed by atoms with Gasteiger partial charge in [-0.3, -0.25) is 4.90 Å². The van der Waals surface area contributed by atoms with E-state index in [1.54, 1.807) is 12.0 Å². The SMILES string of the molecule is COc1ccccc1N1C(N)=NC(N)=NC1(C)C.Cl. The van der Waals surface area contributed by atoms with Crippen molar-refractivity contribution in [3.05, 3.63) is 24.3 Å². The summed E-state index contributed by atoms with van der Waals surface area (Å²) in [4.78, 5) is 10.1. The van der Waals surface area contributed by atoms with Gasteiger partial charge >= 0.3 is 0 Å². The molecule has 1 aromatic carbocycles. The molecule has 0 saturated heterocycles. The first kappa shape index (κ1) is 15.1. The van der Waals surface area contributed by atoms with Crippen molar-refractivity contribution in [2.24, 2.45) is 21.5 Å². The molecular formula is C12H18ClN5O. The third-order valence-corrected chi connectivity index (χ3v) is 2.72. The third kappa shape index (κ3) is 2.73. The number of rotatable bonds is 2. The second kappa shape index (κ2) is 5.36. The van der Waals surface area contributed by atoms with E-state index in [2.05, 4.69) is 9.98 Å². The Labute approximate surface area is 118 Å². The number of ether oxygens (including phenoxy) is 1. The lowest BCUT2D eigenvalue weighted by atomic mass is 10.1. The van der Waals surface area contributed by atoms with E-state index in [9.17, 15) is 0 Å². The summed E-state index contributed by atoms with van der Waals surface area (Å²) < 4.78 is 5.34. The molecule has 0 aliphatic carbocycles. The molecule has 1 aliphatic rings. The van der Waals surface area contributed by atoms with Gasteiger partial charge in [0.1, 0.15) is 11.4 Å². The minimum Gasteiger partial charge on any atom is -0.495 e. The van der Waals surface area contributed by atoms with Gasteiger partial charge in [-0.2, -0.15) is 4.99 Å². The van der Waals surface area contributed by atoms with Crippen LogP contribution in [0.25, 0.3) is 0 Å². The molecule has 2 rings (SSSR count). The van der Waals surface area contributed by atoms with E-state index < -0.39 is 5.66 Å². The van der Waals surface area contributed by atoms with Gasteiger partial charge in [0.05, 0.1) is 12.8 Å². The third-order valence-electron chi connectivity index (χ3n) is 2.72. The highest BCUT2D eigenvalue weighted by Gasteiger charge is 2.34. The zero-order valence-electron chi connectivity index (χ0n) is 11.1. The molecule has 0 aromatic heterocycles. The Bertz CT molecular complexity index is 527. The average Bonchev–Trinajstić information content (AvgIpc) is 2.27. The van der Waals surface area contributed by atoms with Crippen LogP contribution in [0.1, 0.15) is 13.8 Å². The number of benzene rings is 1. The highest BCUT2D eigenvalue weighted by Crippen LogP contribution is 2.34. The maximum Gasteiger partial charge on any atom is 0.220 e. The number of halogens is 1. The van der Waals surface area contributed by atoms with Gasteiger partial charge in [0, 0.05) is 0 Å². The van der Waals surface area contributed by atoms with Crippen LogP contribution < -0.4 is 21.1 Å². The van der Waals surface area contributed by atoms with Crippen molar-refractivity contribution in [3.63, 3.8) is 0 Å². The summed E-state index contributed by atoms with van der Waals surface area (Å²) in [5, 5.41) is 0. The Morgan fingerprint density at radius 3 is 2.42 bits per heavy atom. The monoisotopic (exact) mass is 283 g/mol. The van der Waals surface area contributed by atoms with Gasteiger partial charge in [-0.15, -0.1) is 12.4 Å². The lowest BCUT2D eigenvalue weighted by molar-refractivity contribution is 0.411. The van der Waals surface area contributed by atoms with Crippen LogP contribution in [0.3, 0.4) is 0 Å². The lowest BCUT2D eigenvalue weighted by Gasteiger charge is -2.38. The number of aliphatic imine (C=N–C) groups is 2. The summed E-state index contributed by atoms with van der Waals surface area (Å²) in [6, 6.07) is 7.56. The van der Waals surface area contributed by atoms with Gasteiger partial charge in [0.15, 0.2) is 0 Å². The number of nitrogens with two attached hydrogens (primary N) is 2. The van der Waals surface area contributed by atoms with E-state index in [-0.39, 0.29) is 18.4 Å². The number of para-hydroxylation sites is 2. The Hall–Kier alpha value is -1.95. The van der Waals surface area contributed by atoms with E-state index in [1.807, 2.05) is 38.1 Å². The van der Waals surface area contributed by atoms with Crippen molar-refractivity contribution >= 4 is 30.0 Å². The second-order valence-corrected chi connectivity index (χ2v) is 4.44. The number of hydrogen-bond acceptors (Lipinski definition) is 6. The maximum absolute atomic E-state index is 5.96. The smallest absolute Gasteiger partial charge is 0.220 e. The Kier molecular flexibility index (Phi) is 4.26. The summed E-state index contributed by atoms with van der Waals surface area (Å²) in [5.74, 6) is 1.19. The van der Waals surface area contributed by atoms with Crippen molar-refractivity contribution in [3.8, 4) is 5.75 Å². The predicted octanol–water partition coefficient (Wildman–Crippen LogP) is 1.30. The molecule has 0 unspecified atom stereocenters. The van der Waals surface area contributed by atoms with Gasteiger partial charge in [-0.05, 0) is 26.0 Å². The zero-order chi connectivity index (χ0) is 13.3. The molecule has 0 amide bonds. The van der Waals surface area contributed by atoms with Crippen LogP contribution in [0, 0.1) is 0 Å². The van der Waals surface area contributed by atoms with Crippen LogP contribution in [0.4, 0.5) is 5.69 Å². The first-order valence-corrected chi connectivity index (χ1v) is 5.58. The zero-order valence-corrected chi connectivity index (χ0v) is 11.9. The largest absolute Gasteiger partial charge is 0.495 e. The summed E-state index contributed by atoms with van der Waals surface area (Å²) in [6.45, 7) is 3.82. The Morgan fingerprint density at radius 2 is 1.84 bits per heavy atom.